The van der Waals surface area contributed by atoms with Crippen LogP contribution in [0.15, 0.2) is 36.8 Å². The first-order valence-corrected chi connectivity index (χ1v) is 6.96. The van der Waals surface area contributed by atoms with E-state index in [9.17, 15) is 0 Å². The molecule has 2 heterocycles. The summed E-state index contributed by atoms with van der Waals surface area (Å²) in [5.41, 5.74) is 1.18. The second-order valence-electron chi connectivity index (χ2n) is 4.73. The molecule has 0 aliphatic carbocycles. The number of aromatic nitrogens is 3. The molecule has 0 fully saturated rings. The molecule has 5 heteroatoms. The van der Waals surface area contributed by atoms with Gasteiger partial charge in [-0.15, -0.1) is 0 Å². The van der Waals surface area contributed by atoms with Crippen molar-refractivity contribution in [3.63, 3.8) is 0 Å². The van der Waals surface area contributed by atoms with Gasteiger partial charge in [-0.05, 0) is 30.2 Å². The van der Waals surface area contributed by atoms with Gasteiger partial charge in [-0.2, -0.15) is 4.98 Å². The van der Waals surface area contributed by atoms with E-state index in [1.54, 1.807) is 18.6 Å². The molecular weight excluding hydrogens is 250 g/mol. The molecule has 2 aromatic heterocycles. The lowest BCUT2D eigenvalue weighted by Crippen LogP contribution is -2.21. The van der Waals surface area contributed by atoms with Crippen molar-refractivity contribution in [3.8, 4) is 0 Å². The van der Waals surface area contributed by atoms with Gasteiger partial charge in [-0.3, -0.25) is 4.98 Å². The molecule has 0 unspecified atom stereocenters. The van der Waals surface area contributed by atoms with Gasteiger partial charge in [0.05, 0.1) is 0 Å². The van der Waals surface area contributed by atoms with Crippen molar-refractivity contribution in [2.24, 2.45) is 0 Å². The van der Waals surface area contributed by atoms with Crippen LogP contribution in [-0.4, -0.2) is 28.5 Å². The molecule has 1 N–H and O–H groups in total. The first-order valence-electron chi connectivity index (χ1n) is 6.96. The second kappa shape index (κ2) is 7.43. The summed E-state index contributed by atoms with van der Waals surface area (Å²) in [7, 11) is 2.03. The van der Waals surface area contributed by atoms with Crippen molar-refractivity contribution in [2.45, 2.75) is 26.3 Å². The highest BCUT2D eigenvalue weighted by Gasteiger charge is 2.04. The Kier molecular flexibility index (Phi) is 5.29. The highest BCUT2D eigenvalue weighted by Crippen LogP contribution is 2.11. The van der Waals surface area contributed by atoms with E-state index < -0.39 is 0 Å². The van der Waals surface area contributed by atoms with Crippen LogP contribution in [0.25, 0.3) is 0 Å². The minimum absolute atomic E-state index is 0.734. The zero-order valence-electron chi connectivity index (χ0n) is 12.1. The Balaban J connectivity index is 1.95. The molecular formula is C15H21N5. The van der Waals surface area contributed by atoms with E-state index in [2.05, 4.69) is 32.1 Å². The van der Waals surface area contributed by atoms with Crippen molar-refractivity contribution in [2.75, 3.05) is 23.8 Å². The number of pyridine rings is 1. The van der Waals surface area contributed by atoms with Crippen LogP contribution in [-0.2, 0) is 6.54 Å². The van der Waals surface area contributed by atoms with E-state index in [4.69, 9.17) is 0 Å². The number of nitrogens with one attached hydrogen (secondary N) is 1. The number of rotatable bonds is 7. The topological polar surface area (TPSA) is 53.9 Å². The minimum atomic E-state index is 0.734. The fourth-order valence-corrected chi connectivity index (χ4v) is 1.82. The molecule has 0 bridgehead atoms. The van der Waals surface area contributed by atoms with E-state index in [0.29, 0.717) is 0 Å². The summed E-state index contributed by atoms with van der Waals surface area (Å²) < 4.78 is 0. The summed E-state index contributed by atoms with van der Waals surface area (Å²) in [5, 5.41) is 3.31. The molecule has 0 spiro atoms. The Hall–Kier alpha value is -2.17. The SMILES string of the molecule is CCCCN(C)c1nccc(NCc2ccncc2)n1. The number of nitrogens with zero attached hydrogens (tertiary/aromatic N) is 4. The summed E-state index contributed by atoms with van der Waals surface area (Å²) in [4.78, 5) is 14.9. The van der Waals surface area contributed by atoms with Gasteiger partial charge < -0.3 is 10.2 Å². The predicted octanol–water partition coefficient (Wildman–Crippen LogP) is 2.72. The smallest absolute Gasteiger partial charge is 0.226 e. The van der Waals surface area contributed by atoms with Crippen molar-refractivity contribution in [1.82, 2.24) is 15.0 Å². The van der Waals surface area contributed by atoms with Crippen LogP contribution >= 0.6 is 0 Å². The van der Waals surface area contributed by atoms with Crippen LogP contribution in [0.4, 0.5) is 11.8 Å². The summed E-state index contributed by atoms with van der Waals surface area (Å²) in [5.74, 6) is 1.60. The lowest BCUT2D eigenvalue weighted by atomic mass is 10.3. The van der Waals surface area contributed by atoms with Gasteiger partial charge in [0.2, 0.25) is 5.95 Å². The molecule has 2 rings (SSSR count). The van der Waals surface area contributed by atoms with Gasteiger partial charge >= 0.3 is 0 Å². The Morgan fingerprint density at radius 2 is 1.95 bits per heavy atom. The van der Waals surface area contributed by atoms with Crippen molar-refractivity contribution in [3.05, 3.63) is 42.4 Å². The van der Waals surface area contributed by atoms with Gasteiger partial charge in [-0.25, -0.2) is 4.98 Å². The van der Waals surface area contributed by atoms with Crippen LogP contribution in [0.1, 0.15) is 25.3 Å². The third-order valence-electron chi connectivity index (χ3n) is 3.05. The molecule has 106 valence electrons. The normalized spacial score (nSPS) is 10.3. The van der Waals surface area contributed by atoms with E-state index in [-0.39, 0.29) is 0 Å². The fraction of sp³-hybridized carbons (Fsp3) is 0.400. The molecule has 0 atom stereocenters. The highest BCUT2D eigenvalue weighted by molar-refractivity contribution is 5.41. The average Bonchev–Trinajstić information content (AvgIpc) is 2.52. The maximum atomic E-state index is 4.53. The fourth-order valence-electron chi connectivity index (χ4n) is 1.82. The second-order valence-corrected chi connectivity index (χ2v) is 4.73. The molecule has 0 amide bonds. The Bertz CT molecular complexity index is 515. The van der Waals surface area contributed by atoms with Crippen LogP contribution in [0.3, 0.4) is 0 Å². The predicted molar refractivity (Wildman–Crippen MR) is 81.8 cm³/mol. The van der Waals surface area contributed by atoms with E-state index in [1.165, 1.54) is 12.0 Å². The molecule has 0 radical (unpaired) electrons. The van der Waals surface area contributed by atoms with Crippen LogP contribution < -0.4 is 10.2 Å². The monoisotopic (exact) mass is 271 g/mol. The molecule has 0 aromatic carbocycles. The van der Waals surface area contributed by atoms with E-state index in [1.807, 2.05) is 25.2 Å². The first-order chi connectivity index (χ1) is 9.79. The van der Waals surface area contributed by atoms with Gasteiger partial charge in [-0.1, -0.05) is 13.3 Å². The number of anilines is 2. The zero-order chi connectivity index (χ0) is 14.2. The molecule has 5 nitrogen and oxygen atoms in total. The number of hydrogen-bond acceptors (Lipinski definition) is 5. The molecule has 20 heavy (non-hydrogen) atoms. The zero-order valence-corrected chi connectivity index (χ0v) is 12.1. The maximum Gasteiger partial charge on any atom is 0.226 e. The van der Waals surface area contributed by atoms with Crippen molar-refractivity contribution >= 4 is 11.8 Å². The van der Waals surface area contributed by atoms with Crippen molar-refractivity contribution in [1.29, 1.82) is 0 Å². The molecule has 0 aliphatic heterocycles. The standard InChI is InChI=1S/C15H21N5/c1-3-4-11-20(2)15-17-10-7-14(19-15)18-12-13-5-8-16-9-6-13/h5-10H,3-4,11-12H2,1-2H3,(H,17,18,19). The lowest BCUT2D eigenvalue weighted by Gasteiger charge is -2.17. The maximum absolute atomic E-state index is 4.53. The minimum Gasteiger partial charge on any atom is -0.366 e. The molecule has 0 aliphatic rings. The van der Waals surface area contributed by atoms with E-state index in [0.717, 1.165) is 31.3 Å². The van der Waals surface area contributed by atoms with Gasteiger partial charge in [0.1, 0.15) is 5.82 Å². The molecule has 2 aromatic rings. The van der Waals surface area contributed by atoms with E-state index >= 15 is 0 Å². The molecule has 0 saturated carbocycles. The van der Waals surface area contributed by atoms with Gasteiger partial charge in [0.15, 0.2) is 0 Å². The van der Waals surface area contributed by atoms with Gasteiger partial charge in [0, 0.05) is 38.7 Å². The number of unbranched alkanes of at least 4 members (excludes halogenated alkanes) is 1. The first kappa shape index (κ1) is 14.2. The third kappa shape index (κ3) is 4.19. The van der Waals surface area contributed by atoms with Crippen molar-refractivity contribution < 1.29 is 0 Å². The Morgan fingerprint density at radius 1 is 1.15 bits per heavy atom. The Labute approximate surface area is 120 Å². The number of hydrogen-bond donors (Lipinski definition) is 1. The largest absolute Gasteiger partial charge is 0.366 e. The van der Waals surface area contributed by atoms with Crippen LogP contribution in [0.5, 0.6) is 0 Å². The quantitative estimate of drug-likeness (QED) is 0.839. The summed E-state index contributed by atoms with van der Waals surface area (Å²) in [6.45, 7) is 3.89. The summed E-state index contributed by atoms with van der Waals surface area (Å²) >= 11 is 0. The Morgan fingerprint density at radius 3 is 2.70 bits per heavy atom. The van der Waals surface area contributed by atoms with Crippen LogP contribution in [0, 0.1) is 0 Å². The molecule has 0 saturated heterocycles. The third-order valence-corrected chi connectivity index (χ3v) is 3.05. The lowest BCUT2D eigenvalue weighted by molar-refractivity contribution is 0.750. The van der Waals surface area contributed by atoms with Gasteiger partial charge in [0.25, 0.3) is 0 Å². The highest BCUT2D eigenvalue weighted by atomic mass is 15.2. The summed E-state index contributed by atoms with van der Waals surface area (Å²) in [6.07, 6.45) is 7.69. The summed E-state index contributed by atoms with van der Waals surface area (Å²) in [6, 6.07) is 5.86. The average molecular weight is 271 g/mol. The van der Waals surface area contributed by atoms with Crippen LogP contribution in [0.2, 0.25) is 0 Å².